The highest BCUT2D eigenvalue weighted by atomic mass is 32.2. The number of sulfonamides is 1. The summed E-state index contributed by atoms with van der Waals surface area (Å²) < 4.78 is 55.0. The highest BCUT2D eigenvalue weighted by Gasteiger charge is 2.29. The van der Waals surface area contributed by atoms with E-state index >= 15 is 0 Å². The SMILES string of the molecule is CC(=O)CC(=O)Nc1ccc(N=Nc2ccc(C(CS(N)(=O)=O)S(=O)(=O)O)cc2)c(C)c1. The average molecular weight is 483 g/mol. The van der Waals surface area contributed by atoms with Crippen LogP contribution in [0.15, 0.2) is 52.7 Å². The summed E-state index contributed by atoms with van der Waals surface area (Å²) in [5.41, 5.74) is 2.08. The van der Waals surface area contributed by atoms with Crippen LogP contribution in [0.3, 0.4) is 0 Å². The maximum Gasteiger partial charge on any atom is 0.273 e. The molecule has 2 rings (SSSR count). The molecule has 0 aliphatic rings. The van der Waals surface area contributed by atoms with Gasteiger partial charge in [-0.2, -0.15) is 18.6 Å². The molecule has 0 aromatic heterocycles. The maximum absolute atomic E-state index is 11.7. The van der Waals surface area contributed by atoms with Crippen molar-refractivity contribution in [2.45, 2.75) is 25.5 Å². The molecule has 1 unspecified atom stereocenters. The second-order valence-electron chi connectivity index (χ2n) is 7.05. The number of Topliss-reactive ketones (excluding diaryl/α,β-unsaturated/α-hetero) is 1. The van der Waals surface area contributed by atoms with Crippen LogP contribution in [-0.4, -0.2) is 38.8 Å². The van der Waals surface area contributed by atoms with Crippen molar-refractivity contribution in [3.63, 3.8) is 0 Å². The number of carbonyl (C=O) groups excluding carboxylic acids is 2. The van der Waals surface area contributed by atoms with Crippen LogP contribution >= 0.6 is 0 Å². The van der Waals surface area contributed by atoms with Crippen molar-refractivity contribution in [1.82, 2.24) is 0 Å². The van der Waals surface area contributed by atoms with E-state index in [4.69, 9.17) is 5.14 Å². The summed E-state index contributed by atoms with van der Waals surface area (Å²) in [5.74, 6) is -1.64. The minimum absolute atomic E-state index is 0.0299. The highest BCUT2D eigenvalue weighted by Crippen LogP contribution is 2.28. The Morgan fingerprint density at radius 3 is 2.19 bits per heavy atom. The number of nitrogens with two attached hydrogens (primary N) is 1. The van der Waals surface area contributed by atoms with Crippen molar-refractivity contribution in [3.05, 3.63) is 53.6 Å². The van der Waals surface area contributed by atoms with E-state index < -0.39 is 37.1 Å². The lowest BCUT2D eigenvalue weighted by Gasteiger charge is -2.13. The Hall–Kier alpha value is -3.00. The number of benzene rings is 2. The van der Waals surface area contributed by atoms with Crippen LogP contribution in [0.25, 0.3) is 0 Å². The molecule has 0 spiro atoms. The van der Waals surface area contributed by atoms with Gasteiger partial charge in [0.1, 0.15) is 11.0 Å². The third-order valence-electron chi connectivity index (χ3n) is 4.17. The van der Waals surface area contributed by atoms with Gasteiger partial charge in [0.05, 0.1) is 23.5 Å². The summed E-state index contributed by atoms with van der Waals surface area (Å²) in [6.07, 6.45) is -0.216. The van der Waals surface area contributed by atoms with Gasteiger partial charge in [-0.05, 0) is 55.3 Å². The number of hydrogen-bond donors (Lipinski definition) is 3. The molecule has 2 aromatic rings. The number of carbonyl (C=O) groups is 2. The summed E-state index contributed by atoms with van der Waals surface area (Å²) in [7, 11) is -8.86. The lowest BCUT2D eigenvalue weighted by Crippen LogP contribution is -2.26. The van der Waals surface area contributed by atoms with Gasteiger partial charge in [0.2, 0.25) is 15.9 Å². The molecular formula is C19H22N4O7S2. The van der Waals surface area contributed by atoms with Crippen LogP contribution < -0.4 is 10.5 Å². The first kappa shape index (κ1) is 25.3. The van der Waals surface area contributed by atoms with E-state index in [9.17, 15) is 31.0 Å². The van der Waals surface area contributed by atoms with Crippen molar-refractivity contribution < 1.29 is 31.0 Å². The minimum atomic E-state index is -4.71. The van der Waals surface area contributed by atoms with Gasteiger partial charge in [0, 0.05) is 5.69 Å². The van der Waals surface area contributed by atoms with E-state index in [1.165, 1.54) is 31.2 Å². The first-order valence-electron chi connectivity index (χ1n) is 9.13. The van der Waals surface area contributed by atoms with Gasteiger partial charge in [0.25, 0.3) is 10.1 Å². The molecule has 2 aromatic carbocycles. The van der Waals surface area contributed by atoms with Crippen LogP contribution in [0.2, 0.25) is 0 Å². The van der Waals surface area contributed by atoms with Gasteiger partial charge < -0.3 is 5.32 Å². The Kier molecular flexibility index (Phi) is 7.96. The van der Waals surface area contributed by atoms with Gasteiger partial charge in [-0.15, -0.1) is 0 Å². The summed E-state index contributed by atoms with van der Waals surface area (Å²) in [4.78, 5) is 22.7. The number of primary sulfonamides is 1. The van der Waals surface area contributed by atoms with Gasteiger partial charge in [-0.25, -0.2) is 13.6 Å². The monoisotopic (exact) mass is 482 g/mol. The quantitative estimate of drug-likeness (QED) is 0.278. The molecule has 0 saturated carbocycles. The third-order valence-corrected chi connectivity index (χ3v) is 6.34. The number of amides is 1. The number of rotatable bonds is 9. The summed E-state index contributed by atoms with van der Waals surface area (Å²) >= 11 is 0. The van der Waals surface area contributed by atoms with Gasteiger partial charge in [0.15, 0.2) is 0 Å². The van der Waals surface area contributed by atoms with Crippen LogP contribution in [0.4, 0.5) is 17.1 Å². The molecule has 0 heterocycles. The lowest BCUT2D eigenvalue weighted by atomic mass is 10.1. The van der Waals surface area contributed by atoms with E-state index in [2.05, 4.69) is 15.5 Å². The van der Waals surface area contributed by atoms with Gasteiger partial charge in [-0.1, -0.05) is 12.1 Å². The largest absolute Gasteiger partial charge is 0.326 e. The minimum Gasteiger partial charge on any atom is -0.326 e. The van der Waals surface area contributed by atoms with E-state index in [1.807, 2.05) is 0 Å². The fraction of sp³-hybridized carbons (Fsp3) is 0.263. The molecule has 0 aliphatic carbocycles. The van der Waals surface area contributed by atoms with Crippen molar-refractivity contribution >= 4 is 48.9 Å². The molecule has 32 heavy (non-hydrogen) atoms. The molecule has 11 nitrogen and oxygen atoms in total. The number of ketones is 1. The molecule has 1 atom stereocenters. The van der Waals surface area contributed by atoms with E-state index in [1.54, 1.807) is 25.1 Å². The van der Waals surface area contributed by atoms with Crippen LogP contribution in [0.5, 0.6) is 0 Å². The first-order chi connectivity index (χ1) is 14.7. The second-order valence-corrected chi connectivity index (χ2v) is 10.3. The zero-order chi connectivity index (χ0) is 24.1. The zero-order valence-corrected chi connectivity index (χ0v) is 18.9. The standard InChI is InChI=1S/C19H22N4O7S2/c1-12-9-16(21-19(25)10-13(2)24)7-8-17(12)23-22-15-5-3-14(4-6-15)18(32(28,29)30)11-31(20,26)27/h3-9,18H,10-11H2,1-2H3,(H,21,25)(H2,20,26,27)(H,28,29,30). The number of nitrogens with zero attached hydrogens (tertiary/aromatic N) is 2. The van der Waals surface area contributed by atoms with E-state index in [-0.39, 0.29) is 17.8 Å². The van der Waals surface area contributed by atoms with Gasteiger partial charge in [-0.3, -0.25) is 14.1 Å². The average Bonchev–Trinajstić information content (AvgIpc) is 2.64. The normalized spacial score (nSPS) is 13.1. The second kappa shape index (κ2) is 10.1. The lowest BCUT2D eigenvalue weighted by molar-refractivity contribution is -0.124. The first-order valence-corrected chi connectivity index (χ1v) is 12.3. The maximum atomic E-state index is 11.7. The number of hydrogen-bond acceptors (Lipinski definition) is 8. The Balaban J connectivity index is 2.17. The molecule has 1 amide bonds. The van der Waals surface area contributed by atoms with Crippen molar-refractivity contribution in [2.24, 2.45) is 15.4 Å². The molecule has 0 aliphatic heterocycles. The Labute approximate surface area is 185 Å². The van der Waals surface area contributed by atoms with E-state index in [0.717, 1.165) is 0 Å². The topological polar surface area (TPSA) is 185 Å². The van der Waals surface area contributed by atoms with Crippen molar-refractivity contribution in [1.29, 1.82) is 0 Å². The number of azo groups is 1. The predicted octanol–water partition coefficient (Wildman–Crippen LogP) is 2.55. The third kappa shape index (κ3) is 7.92. The fourth-order valence-corrected chi connectivity index (χ4v) is 5.08. The predicted molar refractivity (Wildman–Crippen MR) is 118 cm³/mol. The Morgan fingerprint density at radius 2 is 1.69 bits per heavy atom. The van der Waals surface area contributed by atoms with Crippen LogP contribution in [0, 0.1) is 6.92 Å². The van der Waals surface area contributed by atoms with Crippen molar-refractivity contribution in [2.75, 3.05) is 11.1 Å². The molecule has 0 bridgehead atoms. The molecule has 0 fully saturated rings. The Bertz CT molecular complexity index is 1260. The highest BCUT2D eigenvalue weighted by molar-refractivity contribution is 7.91. The fourth-order valence-electron chi connectivity index (χ4n) is 2.71. The van der Waals surface area contributed by atoms with E-state index in [0.29, 0.717) is 22.6 Å². The summed E-state index contributed by atoms with van der Waals surface area (Å²) in [6, 6.07) is 10.3. The molecule has 4 N–H and O–H groups in total. The van der Waals surface area contributed by atoms with Gasteiger partial charge >= 0.3 is 0 Å². The number of nitrogens with one attached hydrogen (secondary N) is 1. The zero-order valence-electron chi connectivity index (χ0n) is 17.2. The number of aryl methyl sites for hydroxylation is 1. The molecule has 13 heteroatoms. The summed E-state index contributed by atoms with van der Waals surface area (Å²) in [5, 5.41) is 13.9. The molecule has 0 saturated heterocycles. The van der Waals surface area contributed by atoms with Crippen LogP contribution in [-0.2, 0) is 29.7 Å². The Morgan fingerprint density at radius 1 is 1.06 bits per heavy atom. The smallest absolute Gasteiger partial charge is 0.273 e. The number of anilines is 1. The molecule has 0 radical (unpaired) electrons. The van der Waals surface area contributed by atoms with Crippen LogP contribution in [0.1, 0.15) is 29.7 Å². The molecular weight excluding hydrogens is 460 g/mol. The van der Waals surface area contributed by atoms with Crippen molar-refractivity contribution in [3.8, 4) is 0 Å². The summed E-state index contributed by atoms with van der Waals surface area (Å²) in [6.45, 7) is 3.08. The molecule has 172 valence electrons.